The first-order valence-electron chi connectivity index (χ1n) is 7.15. The molecule has 0 spiro atoms. The minimum atomic E-state index is -0.672. The molecule has 2 aromatic carbocycles. The lowest BCUT2D eigenvalue weighted by atomic mass is 10.2. The van der Waals surface area contributed by atoms with E-state index in [2.05, 4.69) is 21.2 Å². The van der Waals surface area contributed by atoms with Gasteiger partial charge in [0.25, 0.3) is 5.91 Å². The van der Waals surface area contributed by atoms with Crippen molar-refractivity contribution in [1.82, 2.24) is 0 Å². The molecule has 7 heteroatoms. The standard InChI is InChI=1S/C17H15BrClNO4/c1-2-23-15-6-4-3-5-14(15)20-16(21)10-24-17(22)12-9-11(18)7-8-13(12)19/h3-9H,2,10H2,1H3,(H,20,21). The average molecular weight is 413 g/mol. The van der Waals surface area contributed by atoms with Crippen LogP contribution in [-0.4, -0.2) is 25.1 Å². The molecule has 0 fully saturated rings. The predicted octanol–water partition coefficient (Wildman–Crippen LogP) is 4.30. The normalized spacial score (nSPS) is 10.1. The number of anilines is 1. The van der Waals surface area contributed by atoms with Gasteiger partial charge in [-0.15, -0.1) is 0 Å². The molecule has 0 unspecified atom stereocenters. The van der Waals surface area contributed by atoms with Crippen LogP contribution in [0.3, 0.4) is 0 Å². The van der Waals surface area contributed by atoms with Crippen LogP contribution in [0.5, 0.6) is 5.75 Å². The minimum Gasteiger partial charge on any atom is -0.492 e. The van der Waals surface area contributed by atoms with Crippen molar-refractivity contribution in [3.63, 3.8) is 0 Å². The lowest BCUT2D eigenvalue weighted by Gasteiger charge is -2.11. The van der Waals surface area contributed by atoms with Crippen molar-refractivity contribution in [3.8, 4) is 5.75 Å². The van der Waals surface area contributed by atoms with Gasteiger partial charge in [-0.3, -0.25) is 4.79 Å². The Balaban J connectivity index is 1.96. The number of halogens is 2. The smallest absolute Gasteiger partial charge is 0.340 e. The Bertz CT molecular complexity index is 751. The summed E-state index contributed by atoms with van der Waals surface area (Å²) in [7, 11) is 0. The van der Waals surface area contributed by atoms with Crippen LogP contribution in [0.15, 0.2) is 46.9 Å². The van der Waals surface area contributed by atoms with E-state index < -0.39 is 18.5 Å². The van der Waals surface area contributed by atoms with Gasteiger partial charge in [0.15, 0.2) is 6.61 Å². The van der Waals surface area contributed by atoms with E-state index in [-0.39, 0.29) is 10.6 Å². The molecule has 0 atom stereocenters. The molecule has 0 saturated heterocycles. The number of benzene rings is 2. The Morgan fingerprint density at radius 3 is 2.71 bits per heavy atom. The van der Waals surface area contributed by atoms with E-state index in [1.54, 1.807) is 36.4 Å². The van der Waals surface area contributed by atoms with Crippen LogP contribution < -0.4 is 10.1 Å². The summed E-state index contributed by atoms with van der Waals surface area (Å²) in [6.45, 7) is 1.90. The van der Waals surface area contributed by atoms with E-state index in [9.17, 15) is 9.59 Å². The third-order valence-electron chi connectivity index (χ3n) is 2.94. The number of rotatable bonds is 6. The number of carbonyl (C=O) groups is 2. The molecular weight excluding hydrogens is 398 g/mol. The van der Waals surface area contributed by atoms with E-state index >= 15 is 0 Å². The molecule has 0 aliphatic carbocycles. The van der Waals surface area contributed by atoms with Gasteiger partial charge in [-0.2, -0.15) is 0 Å². The number of nitrogens with one attached hydrogen (secondary N) is 1. The van der Waals surface area contributed by atoms with Gasteiger partial charge in [0.2, 0.25) is 0 Å². The summed E-state index contributed by atoms with van der Waals surface area (Å²) in [5.74, 6) is -0.592. The molecule has 1 amide bonds. The fourth-order valence-electron chi connectivity index (χ4n) is 1.90. The van der Waals surface area contributed by atoms with Crippen LogP contribution >= 0.6 is 27.5 Å². The quantitative estimate of drug-likeness (QED) is 0.719. The number of amides is 1. The number of hydrogen-bond acceptors (Lipinski definition) is 4. The van der Waals surface area contributed by atoms with Crippen molar-refractivity contribution in [2.24, 2.45) is 0 Å². The zero-order chi connectivity index (χ0) is 17.5. The van der Waals surface area contributed by atoms with Gasteiger partial charge in [0, 0.05) is 4.47 Å². The Labute approximate surface area is 153 Å². The van der Waals surface area contributed by atoms with Crippen LogP contribution in [0, 0.1) is 0 Å². The highest BCUT2D eigenvalue weighted by Gasteiger charge is 2.15. The van der Waals surface area contributed by atoms with E-state index in [0.29, 0.717) is 22.5 Å². The molecule has 0 saturated carbocycles. The molecule has 1 N–H and O–H groups in total. The SMILES string of the molecule is CCOc1ccccc1NC(=O)COC(=O)c1cc(Br)ccc1Cl. The first kappa shape index (κ1) is 18.3. The summed E-state index contributed by atoms with van der Waals surface area (Å²) in [6.07, 6.45) is 0. The number of hydrogen-bond donors (Lipinski definition) is 1. The zero-order valence-corrected chi connectivity index (χ0v) is 15.2. The Morgan fingerprint density at radius 1 is 1.21 bits per heavy atom. The molecular formula is C17H15BrClNO4. The molecule has 0 aromatic heterocycles. The maximum atomic E-state index is 12.0. The van der Waals surface area contributed by atoms with Gasteiger partial charge in [0.05, 0.1) is 22.9 Å². The van der Waals surface area contributed by atoms with Crippen LogP contribution in [0.1, 0.15) is 17.3 Å². The fraction of sp³-hybridized carbons (Fsp3) is 0.176. The Morgan fingerprint density at radius 2 is 1.96 bits per heavy atom. The van der Waals surface area contributed by atoms with E-state index in [0.717, 1.165) is 0 Å². The second kappa shape index (κ2) is 8.70. The largest absolute Gasteiger partial charge is 0.492 e. The van der Waals surface area contributed by atoms with Crippen LogP contribution in [0.25, 0.3) is 0 Å². The summed E-state index contributed by atoms with van der Waals surface area (Å²) in [5, 5.41) is 2.90. The van der Waals surface area contributed by atoms with Crippen molar-refractivity contribution in [3.05, 3.63) is 57.5 Å². The lowest BCUT2D eigenvalue weighted by Crippen LogP contribution is -2.21. The summed E-state index contributed by atoms with van der Waals surface area (Å²) < 4.78 is 11.1. The van der Waals surface area contributed by atoms with Gasteiger partial charge < -0.3 is 14.8 Å². The number of esters is 1. The van der Waals surface area contributed by atoms with E-state index in [1.165, 1.54) is 6.07 Å². The topological polar surface area (TPSA) is 64.6 Å². The maximum Gasteiger partial charge on any atom is 0.340 e. The van der Waals surface area contributed by atoms with Gasteiger partial charge in [-0.25, -0.2) is 4.79 Å². The molecule has 0 heterocycles. The van der Waals surface area contributed by atoms with E-state index in [1.807, 2.05) is 6.92 Å². The molecule has 0 bridgehead atoms. The summed E-state index contributed by atoms with van der Waals surface area (Å²) in [5.41, 5.74) is 0.703. The maximum absolute atomic E-state index is 12.0. The Kier molecular flexibility index (Phi) is 6.63. The lowest BCUT2D eigenvalue weighted by molar-refractivity contribution is -0.119. The van der Waals surface area contributed by atoms with Crippen LogP contribution in [-0.2, 0) is 9.53 Å². The van der Waals surface area contributed by atoms with Crippen molar-refractivity contribution in [2.75, 3.05) is 18.5 Å². The predicted molar refractivity (Wildman–Crippen MR) is 95.7 cm³/mol. The summed E-state index contributed by atoms with van der Waals surface area (Å²) >= 11 is 9.20. The first-order chi connectivity index (χ1) is 11.5. The second-order valence-corrected chi connectivity index (χ2v) is 6.00. The fourth-order valence-corrected chi connectivity index (χ4v) is 2.46. The van der Waals surface area contributed by atoms with Gasteiger partial charge in [0.1, 0.15) is 5.75 Å². The second-order valence-electron chi connectivity index (χ2n) is 4.68. The first-order valence-corrected chi connectivity index (χ1v) is 8.32. The molecule has 5 nitrogen and oxygen atoms in total. The average Bonchev–Trinajstić information content (AvgIpc) is 2.57. The van der Waals surface area contributed by atoms with Crippen molar-refractivity contribution < 1.29 is 19.1 Å². The molecule has 126 valence electrons. The molecule has 2 aromatic rings. The minimum absolute atomic E-state index is 0.188. The third kappa shape index (κ3) is 4.97. The van der Waals surface area contributed by atoms with Crippen LogP contribution in [0.4, 0.5) is 5.69 Å². The third-order valence-corrected chi connectivity index (χ3v) is 3.77. The van der Waals surface area contributed by atoms with Gasteiger partial charge in [-0.1, -0.05) is 39.7 Å². The van der Waals surface area contributed by atoms with Crippen LogP contribution in [0.2, 0.25) is 5.02 Å². The number of para-hydroxylation sites is 2. The molecule has 0 radical (unpaired) electrons. The number of ether oxygens (including phenoxy) is 2. The van der Waals surface area contributed by atoms with E-state index in [4.69, 9.17) is 21.1 Å². The van der Waals surface area contributed by atoms with Crippen molar-refractivity contribution in [2.45, 2.75) is 6.92 Å². The highest BCUT2D eigenvalue weighted by molar-refractivity contribution is 9.10. The molecule has 0 aliphatic heterocycles. The summed E-state index contributed by atoms with van der Waals surface area (Å²) in [4.78, 5) is 24.0. The highest BCUT2D eigenvalue weighted by Crippen LogP contribution is 2.24. The summed E-state index contributed by atoms with van der Waals surface area (Å²) in [6, 6.07) is 11.8. The zero-order valence-electron chi connectivity index (χ0n) is 12.8. The molecule has 2 rings (SSSR count). The Hall–Kier alpha value is -2.05. The monoisotopic (exact) mass is 411 g/mol. The van der Waals surface area contributed by atoms with Crippen molar-refractivity contribution >= 4 is 45.1 Å². The molecule has 24 heavy (non-hydrogen) atoms. The van der Waals surface area contributed by atoms with Gasteiger partial charge in [-0.05, 0) is 37.3 Å². The highest BCUT2D eigenvalue weighted by atomic mass is 79.9. The number of carbonyl (C=O) groups excluding carboxylic acids is 2. The molecule has 0 aliphatic rings. The van der Waals surface area contributed by atoms with Gasteiger partial charge >= 0.3 is 5.97 Å². The van der Waals surface area contributed by atoms with Crippen molar-refractivity contribution in [1.29, 1.82) is 0 Å².